The maximum atomic E-state index is 11.8. The summed E-state index contributed by atoms with van der Waals surface area (Å²) >= 11 is 0. The number of carboxylic acid groups (broad SMARTS) is 1. The van der Waals surface area contributed by atoms with Gasteiger partial charge in [0.2, 0.25) is 5.91 Å². The van der Waals surface area contributed by atoms with E-state index in [-0.39, 0.29) is 24.7 Å². The van der Waals surface area contributed by atoms with Crippen LogP contribution in [0.25, 0.3) is 0 Å². The predicted molar refractivity (Wildman–Crippen MR) is 63.7 cm³/mol. The van der Waals surface area contributed by atoms with Gasteiger partial charge in [0, 0.05) is 26.1 Å². The van der Waals surface area contributed by atoms with Gasteiger partial charge in [-0.05, 0) is 18.1 Å². The van der Waals surface area contributed by atoms with Crippen molar-refractivity contribution in [2.75, 3.05) is 11.9 Å². The number of anilines is 1. The van der Waals surface area contributed by atoms with Crippen LogP contribution in [-0.4, -0.2) is 29.0 Å². The van der Waals surface area contributed by atoms with Crippen LogP contribution in [-0.2, 0) is 9.59 Å². The van der Waals surface area contributed by atoms with Crippen LogP contribution in [0.15, 0.2) is 24.5 Å². The Morgan fingerprint density at radius 1 is 1.47 bits per heavy atom. The molecule has 92 valence electrons. The highest BCUT2D eigenvalue weighted by molar-refractivity contribution is 5.92. The molecule has 0 aromatic carbocycles. The summed E-state index contributed by atoms with van der Waals surface area (Å²) in [7, 11) is 1.66. The normalized spacial score (nSPS) is 11.9. The number of amides is 1. The Morgan fingerprint density at radius 2 is 2.18 bits per heavy atom. The Hall–Kier alpha value is -1.91. The standard InChI is InChI=1S/C12H16N2O3/c1-9(7-12(16)17)6-11(15)14(2)10-4-3-5-13-8-10/h3-5,8-9H,6-7H2,1-2H3,(H,16,17). The fourth-order valence-electron chi connectivity index (χ4n) is 1.50. The van der Waals surface area contributed by atoms with Crippen molar-refractivity contribution in [1.82, 2.24) is 4.98 Å². The van der Waals surface area contributed by atoms with Crippen LogP contribution in [0.4, 0.5) is 5.69 Å². The van der Waals surface area contributed by atoms with Crippen molar-refractivity contribution >= 4 is 17.6 Å². The van der Waals surface area contributed by atoms with E-state index in [1.165, 1.54) is 4.90 Å². The molecule has 1 aromatic heterocycles. The van der Waals surface area contributed by atoms with Gasteiger partial charge in [-0.1, -0.05) is 6.92 Å². The number of aliphatic carboxylic acids is 1. The first-order valence-electron chi connectivity index (χ1n) is 5.39. The lowest BCUT2D eigenvalue weighted by Crippen LogP contribution is -2.28. The third kappa shape index (κ3) is 4.22. The largest absolute Gasteiger partial charge is 0.481 e. The van der Waals surface area contributed by atoms with Crippen molar-refractivity contribution in [3.63, 3.8) is 0 Å². The first-order chi connectivity index (χ1) is 8.00. The maximum Gasteiger partial charge on any atom is 0.303 e. The number of hydrogen-bond acceptors (Lipinski definition) is 3. The number of hydrogen-bond donors (Lipinski definition) is 1. The third-order valence-corrected chi connectivity index (χ3v) is 2.45. The maximum absolute atomic E-state index is 11.8. The average molecular weight is 236 g/mol. The van der Waals surface area contributed by atoms with E-state index in [2.05, 4.69) is 4.98 Å². The van der Waals surface area contributed by atoms with E-state index in [9.17, 15) is 9.59 Å². The van der Waals surface area contributed by atoms with Gasteiger partial charge in [0.25, 0.3) is 0 Å². The minimum absolute atomic E-state index is 0.00657. The van der Waals surface area contributed by atoms with Gasteiger partial charge in [-0.15, -0.1) is 0 Å². The summed E-state index contributed by atoms with van der Waals surface area (Å²) in [6.07, 6.45) is 3.46. The second kappa shape index (κ2) is 5.98. The van der Waals surface area contributed by atoms with Gasteiger partial charge < -0.3 is 10.0 Å². The zero-order valence-corrected chi connectivity index (χ0v) is 9.96. The van der Waals surface area contributed by atoms with Crippen molar-refractivity contribution in [2.24, 2.45) is 5.92 Å². The molecule has 1 amide bonds. The summed E-state index contributed by atoms with van der Waals surface area (Å²) in [4.78, 5) is 27.8. The van der Waals surface area contributed by atoms with Crippen molar-refractivity contribution in [3.8, 4) is 0 Å². The Labute approximate surface area is 100 Å². The van der Waals surface area contributed by atoms with Crippen molar-refractivity contribution in [1.29, 1.82) is 0 Å². The first-order valence-corrected chi connectivity index (χ1v) is 5.39. The van der Waals surface area contributed by atoms with Gasteiger partial charge in [0.05, 0.1) is 11.9 Å². The fourth-order valence-corrected chi connectivity index (χ4v) is 1.50. The van der Waals surface area contributed by atoms with Crippen LogP contribution in [0.3, 0.4) is 0 Å². The van der Waals surface area contributed by atoms with Crippen LogP contribution in [0.5, 0.6) is 0 Å². The van der Waals surface area contributed by atoms with Crippen LogP contribution in [0.2, 0.25) is 0 Å². The summed E-state index contributed by atoms with van der Waals surface area (Å²) in [5.41, 5.74) is 0.708. The lowest BCUT2D eigenvalue weighted by molar-refractivity contribution is -0.138. The molecule has 0 saturated carbocycles. The second-order valence-electron chi connectivity index (χ2n) is 4.07. The number of rotatable bonds is 5. The third-order valence-electron chi connectivity index (χ3n) is 2.45. The average Bonchev–Trinajstić information content (AvgIpc) is 2.28. The Bertz CT molecular complexity index is 392. The van der Waals surface area contributed by atoms with Crippen molar-refractivity contribution < 1.29 is 14.7 Å². The summed E-state index contributed by atoms with van der Waals surface area (Å²) in [6.45, 7) is 1.75. The molecule has 0 fully saturated rings. The van der Waals surface area contributed by atoms with Gasteiger partial charge in [0.15, 0.2) is 0 Å². The summed E-state index contributed by atoms with van der Waals surface area (Å²) in [5.74, 6) is -1.15. The lowest BCUT2D eigenvalue weighted by atomic mass is 10.0. The molecule has 5 heteroatoms. The second-order valence-corrected chi connectivity index (χ2v) is 4.07. The number of carbonyl (C=O) groups is 2. The number of carbonyl (C=O) groups excluding carboxylic acids is 1. The van der Waals surface area contributed by atoms with Crippen LogP contribution >= 0.6 is 0 Å². The highest BCUT2D eigenvalue weighted by Gasteiger charge is 2.16. The molecular weight excluding hydrogens is 220 g/mol. The molecule has 0 radical (unpaired) electrons. The van der Waals surface area contributed by atoms with E-state index in [4.69, 9.17) is 5.11 Å². The molecule has 1 heterocycles. The molecule has 5 nitrogen and oxygen atoms in total. The molecular formula is C12H16N2O3. The summed E-state index contributed by atoms with van der Waals surface area (Å²) in [5, 5.41) is 8.62. The van der Waals surface area contributed by atoms with Gasteiger partial charge in [-0.3, -0.25) is 14.6 Å². The molecule has 0 aliphatic rings. The number of pyridine rings is 1. The number of aromatic nitrogens is 1. The molecule has 1 aromatic rings. The predicted octanol–water partition coefficient (Wildman–Crippen LogP) is 1.55. The monoisotopic (exact) mass is 236 g/mol. The van der Waals surface area contributed by atoms with Crippen LogP contribution < -0.4 is 4.90 Å². The molecule has 0 bridgehead atoms. The molecule has 0 aliphatic heterocycles. The molecule has 0 saturated heterocycles. The van der Waals surface area contributed by atoms with Gasteiger partial charge in [-0.2, -0.15) is 0 Å². The lowest BCUT2D eigenvalue weighted by Gasteiger charge is -2.18. The zero-order valence-electron chi connectivity index (χ0n) is 9.96. The van der Waals surface area contributed by atoms with Crippen molar-refractivity contribution in [3.05, 3.63) is 24.5 Å². The summed E-state index contributed by atoms with van der Waals surface area (Å²) < 4.78 is 0. The Kier molecular flexibility index (Phi) is 4.63. The van der Waals surface area contributed by atoms with Crippen LogP contribution in [0, 0.1) is 5.92 Å². The topological polar surface area (TPSA) is 70.5 Å². The first kappa shape index (κ1) is 13.2. The molecule has 1 N–H and O–H groups in total. The number of carboxylic acids is 1. The van der Waals surface area contributed by atoms with E-state index in [0.717, 1.165) is 0 Å². The highest BCUT2D eigenvalue weighted by Crippen LogP contribution is 2.14. The van der Waals surface area contributed by atoms with E-state index >= 15 is 0 Å². The van der Waals surface area contributed by atoms with Gasteiger partial charge >= 0.3 is 5.97 Å². The minimum atomic E-state index is -0.880. The van der Waals surface area contributed by atoms with E-state index in [1.807, 2.05) is 0 Å². The Morgan fingerprint density at radius 3 is 2.71 bits per heavy atom. The molecule has 0 spiro atoms. The number of nitrogens with zero attached hydrogens (tertiary/aromatic N) is 2. The van der Waals surface area contributed by atoms with Gasteiger partial charge in [-0.25, -0.2) is 0 Å². The minimum Gasteiger partial charge on any atom is -0.481 e. The molecule has 1 atom stereocenters. The summed E-state index contributed by atoms with van der Waals surface area (Å²) in [6, 6.07) is 3.53. The molecule has 1 rings (SSSR count). The zero-order chi connectivity index (χ0) is 12.8. The molecule has 0 aliphatic carbocycles. The smallest absolute Gasteiger partial charge is 0.303 e. The Balaban J connectivity index is 2.56. The highest BCUT2D eigenvalue weighted by atomic mass is 16.4. The van der Waals surface area contributed by atoms with Gasteiger partial charge in [0.1, 0.15) is 0 Å². The molecule has 17 heavy (non-hydrogen) atoms. The van der Waals surface area contributed by atoms with Crippen molar-refractivity contribution in [2.45, 2.75) is 19.8 Å². The van der Waals surface area contributed by atoms with E-state index < -0.39 is 5.97 Å². The molecule has 1 unspecified atom stereocenters. The van der Waals surface area contributed by atoms with E-state index in [0.29, 0.717) is 5.69 Å². The van der Waals surface area contributed by atoms with E-state index in [1.54, 1.807) is 38.5 Å². The fraction of sp³-hybridized carbons (Fsp3) is 0.417. The SMILES string of the molecule is CC(CC(=O)O)CC(=O)N(C)c1cccnc1. The quantitative estimate of drug-likeness (QED) is 0.842. The van der Waals surface area contributed by atoms with Crippen LogP contribution in [0.1, 0.15) is 19.8 Å².